The monoisotopic (exact) mass is 262 g/mol. The van der Waals surface area contributed by atoms with Gasteiger partial charge in [0.1, 0.15) is 12.2 Å². The molecule has 0 aliphatic rings. The van der Waals surface area contributed by atoms with Gasteiger partial charge in [-0.15, -0.1) is 0 Å². The summed E-state index contributed by atoms with van der Waals surface area (Å²) in [6, 6.07) is 8.29. The molecule has 0 saturated carbocycles. The molecule has 3 heteroatoms. The van der Waals surface area contributed by atoms with E-state index in [2.05, 4.69) is 19.1 Å². The normalized spacial score (nSPS) is 10.2. The molecule has 1 rings (SSSR count). The SMILES string of the molecule is CCCc1cccc(CCC(=O)CC(=O)OCC)c1. The number of carbonyl (C=O) groups excluding carboxylic acids is 2. The van der Waals surface area contributed by atoms with Crippen molar-refractivity contribution < 1.29 is 14.3 Å². The van der Waals surface area contributed by atoms with Gasteiger partial charge in [0.2, 0.25) is 0 Å². The predicted molar refractivity (Wildman–Crippen MR) is 75.0 cm³/mol. The highest BCUT2D eigenvalue weighted by Gasteiger charge is 2.10. The van der Waals surface area contributed by atoms with Crippen LogP contribution in [0.5, 0.6) is 0 Å². The van der Waals surface area contributed by atoms with Crippen molar-refractivity contribution in [1.82, 2.24) is 0 Å². The quantitative estimate of drug-likeness (QED) is 0.534. The van der Waals surface area contributed by atoms with E-state index in [1.165, 1.54) is 5.56 Å². The molecule has 0 aliphatic heterocycles. The summed E-state index contributed by atoms with van der Waals surface area (Å²) in [5.74, 6) is -0.480. The van der Waals surface area contributed by atoms with Crippen LogP contribution >= 0.6 is 0 Å². The highest BCUT2D eigenvalue weighted by atomic mass is 16.5. The van der Waals surface area contributed by atoms with Crippen molar-refractivity contribution >= 4 is 11.8 Å². The second kappa shape index (κ2) is 8.46. The lowest BCUT2D eigenvalue weighted by Gasteiger charge is -2.04. The molecule has 0 radical (unpaired) electrons. The molecular formula is C16H22O3. The van der Waals surface area contributed by atoms with Crippen molar-refractivity contribution in [2.75, 3.05) is 6.61 Å². The van der Waals surface area contributed by atoms with Gasteiger partial charge in [-0.2, -0.15) is 0 Å². The standard InChI is InChI=1S/C16H22O3/c1-3-6-13-7-5-8-14(11-13)9-10-15(17)12-16(18)19-4-2/h5,7-8,11H,3-4,6,9-10,12H2,1-2H3. The third-order valence-corrected chi connectivity index (χ3v) is 2.87. The molecule has 0 aromatic heterocycles. The maximum Gasteiger partial charge on any atom is 0.313 e. The number of Topliss-reactive ketones (excluding diaryl/α,β-unsaturated/α-hetero) is 1. The second-order valence-corrected chi connectivity index (χ2v) is 4.59. The Kier molecular flexibility index (Phi) is 6.86. The lowest BCUT2D eigenvalue weighted by Crippen LogP contribution is -2.11. The van der Waals surface area contributed by atoms with E-state index < -0.39 is 5.97 Å². The summed E-state index contributed by atoms with van der Waals surface area (Å²) < 4.78 is 4.76. The Bertz CT molecular complexity index is 424. The van der Waals surface area contributed by atoms with Crippen LogP contribution in [-0.2, 0) is 27.2 Å². The molecule has 0 heterocycles. The Hall–Kier alpha value is -1.64. The minimum Gasteiger partial charge on any atom is -0.466 e. The van der Waals surface area contributed by atoms with Gasteiger partial charge in [-0.05, 0) is 30.9 Å². The fourth-order valence-corrected chi connectivity index (χ4v) is 1.97. The summed E-state index contributed by atoms with van der Waals surface area (Å²) in [6.45, 7) is 4.21. The zero-order valence-corrected chi connectivity index (χ0v) is 11.8. The van der Waals surface area contributed by atoms with Crippen LogP contribution in [0.25, 0.3) is 0 Å². The first kappa shape index (κ1) is 15.4. The average molecular weight is 262 g/mol. The minimum absolute atomic E-state index is 0.0562. The summed E-state index contributed by atoms with van der Waals surface area (Å²) in [7, 11) is 0. The Morgan fingerprint density at radius 1 is 1.11 bits per heavy atom. The number of hydrogen-bond donors (Lipinski definition) is 0. The van der Waals surface area contributed by atoms with Crippen LogP contribution in [0.1, 0.15) is 44.2 Å². The minimum atomic E-state index is -0.424. The van der Waals surface area contributed by atoms with Crippen LogP contribution in [0.15, 0.2) is 24.3 Å². The molecule has 0 atom stereocenters. The van der Waals surface area contributed by atoms with E-state index in [4.69, 9.17) is 4.74 Å². The Labute approximate surface area is 115 Å². The number of aryl methyl sites for hydroxylation is 2. The van der Waals surface area contributed by atoms with Gasteiger partial charge in [0, 0.05) is 6.42 Å². The van der Waals surface area contributed by atoms with Gasteiger partial charge < -0.3 is 4.74 Å². The largest absolute Gasteiger partial charge is 0.466 e. The van der Waals surface area contributed by atoms with Gasteiger partial charge in [0.25, 0.3) is 0 Å². The Balaban J connectivity index is 2.41. The topological polar surface area (TPSA) is 43.4 Å². The van der Waals surface area contributed by atoms with Gasteiger partial charge in [0.05, 0.1) is 6.61 Å². The fourth-order valence-electron chi connectivity index (χ4n) is 1.97. The first-order chi connectivity index (χ1) is 9.15. The lowest BCUT2D eigenvalue weighted by molar-refractivity contribution is -0.145. The number of ether oxygens (including phenoxy) is 1. The average Bonchev–Trinajstić information content (AvgIpc) is 2.37. The molecule has 3 nitrogen and oxygen atoms in total. The molecule has 0 bridgehead atoms. The molecule has 0 N–H and O–H groups in total. The first-order valence-corrected chi connectivity index (χ1v) is 6.90. The van der Waals surface area contributed by atoms with Crippen molar-refractivity contribution in [2.24, 2.45) is 0 Å². The number of hydrogen-bond acceptors (Lipinski definition) is 3. The number of ketones is 1. The highest BCUT2D eigenvalue weighted by Crippen LogP contribution is 2.10. The maximum absolute atomic E-state index is 11.6. The summed E-state index contributed by atoms with van der Waals surface area (Å²) >= 11 is 0. The van der Waals surface area contributed by atoms with Gasteiger partial charge in [-0.1, -0.05) is 37.6 Å². The van der Waals surface area contributed by atoms with Crippen molar-refractivity contribution in [3.8, 4) is 0 Å². The number of rotatable bonds is 8. The van der Waals surface area contributed by atoms with E-state index in [9.17, 15) is 9.59 Å². The summed E-state index contributed by atoms with van der Waals surface area (Å²) in [4.78, 5) is 22.8. The molecular weight excluding hydrogens is 240 g/mol. The smallest absolute Gasteiger partial charge is 0.313 e. The Morgan fingerprint density at radius 2 is 1.79 bits per heavy atom. The number of benzene rings is 1. The van der Waals surface area contributed by atoms with Crippen LogP contribution in [-0.4, -0.2) is 18.4 Å². The van der Waals surface area contributed by atoms with E-state index >= 15 is 0 Å². The van der Waals surface area contributed by atoms with Gasteiger partial charge in [0.15, 0.2) is 0 Å². The molecule has 0 amide bonds. The molecule has 0 unspecified atom stereocenters. The molecule has 0 spiro atoms. The van der Waals surface area contributed by atoms with Crippen LogP contribution in [0.2, 0.25) is 0 Å². The summed E-state index contributed by atoms with van der Waals surface area (Å²) in [5, 5.41) is 0. The molecule has 1 aromatic carbocycles. The number of esters is 1. The van der Waals surface area contributed by atoms with Crippen LogP contribution in [0.3, 0.4) is 0 Å². The third kappa shape index (κ3) is 6.18. The first-order valence-electron chi connectivity index (χ1n) is 6.90. The molecule has 1 aromatic rings. The Morgan fingerprint density at radius 3 is 2.42 bits per heavy atom. The van der Waals surface area contributed by atoms with Crippen LogP contribution < -0.4 is 0 Å². The van der Waals surface area contributed by atoms with Crippen molar-refractivity contribution in [3.63, 3.8) is 0 Å². The van der Waals surface area contributed by atoms with Crippen molar-refractivity contribution in [3.05, 3.63) is 35.4 Å². The van der Waals surface area contributed by atoms with Gasteiger partial charge in [-0.3, -0.25) is 9.59 Å². The van der Waals surface area contributed by atoms with E-state index in [-0.39, 0.29) is 12.2 Å². The molecule has 0 saturated heterocycles. The highest BCUT2D eigenvalue weighted by molar-refractivity contribution is 5.95. The molecule has 104 valence electrons. The van der Waals surface area contributed by atoms with E-state index in [0.29, 0.717) is 19.4 Å². The molecule has 0 fully saturated rings. The second-order valence-electron chi connectivity index (χ2n) is 4.59. The fraction of sp³-hybridized carbons (Fsp3) is 0.500. The van der Waals surface area contributed by atoms with Crippen molar-refractivity contribution in [1.29, 1.82) is 0 Å². The molecule has 0 aliphatic carbocycles. The van der Waals surface area contributed by atoms with E-state index in [1.807, 2.05) is 12.1 Å². The molecule has 19 heavy (non-hydrogen) atoms. The predicted octanol–water partition coefficient (Wildman–Crippen LogP) is 3.09. The van der Waals surface area contributed by atoms with E-state index in [1.54, 1.807) is 6.92 Å². The summed E-state index contributed by atoms with van der Waals surface area (Å²) in [6.07, 6.45) is 3.16. The van der Waals surface area contributed by atoms with Crippen LogP contribution in [0, 0.1) is 0 Å². The lowest BCUT2D eigenvalue weighted by atomic mass is 10.0. The maximum atomic E-state index is 11.6. The van der Waals surface area contributed by atoms with E-state index in [0.717, 1.165) is 18.4 Å². The van der Waals surface area contributed by atoms with Crippen LogP contribution in [0.4, 0.5) is 0 Å². The van der Waals surface area contributed by atoms with Gasteiger partial charge in [-0.25, -0.2) is 0 Å². The zero-order chi connectivity index (χ0) is 14.1. The third-order valence-electron chi connectivity index (χ3n) is 2.87. The summed E-state index contributed by atoms with van der Waals surface area (Å²) in [5.41, 5.74) is 2.46. The zero-order valence-electron chi connectivity index (χ0n) is 11.8. The van der Waals surface area contributed by atoms with Gasteiger partial charge >= 0.3 is 5.97 Å². The van der Waals surface area contributed by atoms with Crippen molar-refractivity contribution in [2.45, 2.75) is 46.0 Å². The number of carbonyl (C=O) groups is 2.